The van der Waals surface area contributed by atoms with Gasteiger partial charge in [0, 0.05) is 6.20 Å². The fourth-order valence-electron chi connectivity index (χ4n) is 1.19. The highest BCUT2D eigenvalue weighted by atomic mass is 35.5. The number of furan rings is 1. The SMILES string of the molecule is O=C(O)c1coc(CSc2ncccc2Cl)c1. The Morgan fingerprint density at radius 1 is 1.59 bits per heavy atom. The van der Waals surface area contributed by atoms with Crippen LogP contribution >= 0.6 is 23.4 Å². The predicted octanol–water partition coefficient (Wildman–Crippen LogP) is 3.32. The van der Waals surface area contributed by atoms with Crippen molar-refractivity contribution < 1.29 is 14.3 Å². The zero-order valence-corrected chi connectivity index (χ0v) is 10.2. The van der Waals surface area contributed by atoms with Gasteiger partial charge in [-0.05, 0) is 18.2 Å². The van der Waals surface area contributed by atoms with Crippen molar-refractivity contribution in [2.24, 2.45) is 0 Å². The van der Waals surface area contributed by atoms with Gasteiger partial charge in [-0.3, -0.25) is 0 Å². The number of aromatic nitrogens is 1. The van der Waals surface area contributed by atoms with Crippen LogP contribution < -0.4 is 0 Å². The summed E-state index contributed by atoms with van der Waals surface area (Å²) in [6.07, 6.45) is 2.87. The van der Waals surface area contributed by atoms with Crippen LogP contribution in [0.4, 0.5) is 0 Å². The number of aromatic carboxylic acids is 1. The van der Waals surface area contributed by atoms with Gasteiger partial charge in [0.2, 0.25) is 0 Å². The average Bonchev–Trinajstić information content (AvgIpc) is 2.77. The molecule has 0 atom stereocenters. The number of nitrogens with zero attached hydrogens (tertiary/aromatic N) is 1. The van der Waals surface area contributed by atoms with Crippen LogP contribution in [-0.4, -0.2) is 16.1 Å². The molecule has 0 radical (unpaired) electrons. The predicted molar refractivity (Wildman–Crippen MR) is 64.5 cm³/mol. The van der Waals surface area contributed by atoms with E-state index >= 15 is 0 Å². The number of pyridine rings is 1. The summed E-state index contributed by atoms with van der Waals surface area (Å²) in [6.45, 7) is 0. The van der Waals surface area contributed by atoms with Crippen LogP contribution in [0.1, 0.15) is 16.1 Å². The number of carboxylic acid groups (broad SMARTS) is 1. The number of thioether (sulfide) groups is 1. The number of halogens is 1. The largest absolute Gasteiger partial charge is 0.478 e. The Balaban J connectivity index is 2.02. The number of rotatable bonds is 4. The quantitative estimate of drug-likeness (QED) is 0.863. The molecule has 0 aliphatic rings. The van der Waals surface area contributed by atoms with Crippen molar-refractivity contribution >= 4 is 29.3 Å². The molecule has 0 aliphatic heterocycles. The minimum absolute atomic E-state index is 0.146. The van der Waals surface area contributed by atoms with Gasteiger partial charge in [0.25, 0.3) is 0 Å². The monoisotopic (exact) mass is 269 g/mol. The van der Waals surface area contributed by atoms with Gasteiger partial charge in [0.15, 0.2) is 0 Å². The molecule has 17 heavy (non-hydrogen) atoms. The molecule has 0 fully saturated rings. The normalized spacial score (nSPS) is 10.4. The first-order chi connectivity index (χ1) is 8.16. The maximum atomic E-state index is 10.6. The molecule has 0 amide bonds. The summed E-state index contributed by atoms with van der Waals surface area (Å²) in [5.74, 6) is 0.0688. The highest BCUT2D eigenvalue weighted by Crippen LogP contribution is 2.27. The van der Waals surface area contributed by atoms with Gasteiger partial charge in [-0.2, -0.15) is 0 Å². The summed E-state index contributed by atoms with van der Waals surface area (Å²) in [6, 6.07) is 5.00. The van der Waals surface area contributed by atoms with Crippen molar-refractivity contribution in [3.05, 3.63) is 47.0 Å². The molecule has 2 heterocycles. The topological polar surface area (TPSA) is 63.3 Å². The molecule has 0 saturated carbocycles. The Bertz CT molecular complexity index is 541. The second-order valence-corrected chi connectivity index (χ2v) is 4.56. The second kappa shape index (κ2) is 5.25. The van der Waals surface area contributed by atoms with E-state index in [2.05, 4.69) is 4.98 Å². The molecular weight excluding hydrogens is 262 g/mol. The molecule has 88 valence electrons. The van der Waals surface area contributed by atoms with Crippen LogP contribution in [0, 0.1) is 0 Å². The Kier molecular flexibility index (Phi) is 3.71. The molecule has 2 rings (SSSR count). The lowest BCUT2D eigenvalue weighted by molar-refractivity contribution is 0.0696. The first-order valence-electron chi connectivity index (χ1n) is 4.71. The summed E-state index contributed by atoms with van der Waals surface area (Å²) in [5, 5.41) is 10.00. The maximum absolute atomic E-state index is 10.6. The van der Waals surface area contributed by atoms with Crippen molar-refractivity contribution in [2.75, 3.05) is 0 Å². The van der Waals surface area contributed by atoms with Crippen molar-refractivity contribution in [2.45, 2.75) is 10.8 Å². The summed E-state index contributed by atoms with van der Waals surface area (Å²) in [7, 11) is 0. The second-order valence-electron chi connectivity index (χ2n) is 3.19. The molecule has 0 unspecified atom stereocenters. The number of hydrogen-bond acceptors (Lipinski definition) is 4. The van der Waals surface area contributed by atoms with Gasteiger partial charge in [-0.1, -0.05) is 23.4 Å². The molecule has 2 aromatic heterocycles. The molecule has 0 bridgehead atoms. The molecule has 1 N–H and O–H groups in total. The Morgan fingerprint density at radius 2 is 2.41 bits per heavy atom. The highest BCUT2D eigenvalue weighted by Gasteiger charge is 2.09. The van der Waals surface area contributed by atoms with Gasteiger partial charge < -0.3 is 9.52 Å². The van der Waals surface area contributed by atoms with Crippen LogP contribution in [0.3, 0.4) is 0 Å². The van der Waals surface area contributed by atoms with E-state index in [1.807, 2.05) is 0 Å². The van der Waals surface area contributed by atoms with E-state index in [-0.39, 0.29) is 5.56 Å². The van der Waals surface area contributed by atoms with Gasteiger partial charge >= 0.3 is 5.97 Å². The minimum Gasteiger partial charge on any atom is -0.478 e. The lowest BCUT2D eigenvalue weighted by atomic mass is 10.3. The zero-order chi connectivity index (χ0) is 12.3. The minimum atomic E-state index is -0.999. The number of carboxylic acids is 1. The molecular formula is C11H8ClNO3S. The van der Waals surface area contributed by atoms with Crippen LogP contribution in [0.25, 0.3) is 0 Å². The molecule has 0 aliphatic carbocycles. The lowest BCUT2D eigenvalue weighted by Gasteiger charge is -1.99. The Labute approximate surface area is 107 Å². The summed E-state index contributed by atoms with van der Waals surface area (Å²) in [5.41, 5.74) is 0.146. The van der Waals surface area contributed by atoms with E-state index in [1.165, 1.54) is 24.1 Å². The third-order valence-corrected chi connectivity index (χ3v) is 3.42. The highest BCUT2D eigenvalue weighted by molar-refractivity contribution is 7.98. The zero-order valence-electron chi connectivity index (χ0n) is 8.59. The molecule has 0 saturated heterocycles. The van der Waals surface area contributed by atoms with Crippen molar-refractivity contribution in [3.63, 3.8) is 0 Å². The lowest BCUT2D eigenvalue weighted by Crippen LogP contribution is -1.91. The first-order valence-corrected chi connectivity index (χ1v) is 6.07. The standard InChI is InChI=1S/C11H8ClNO3S/c12-9-2-1-3-13-10(9)17-6-8-4-7(5-16-8)11(14)15/h1-5H,6H2,(H,14,15). The molecule has 6 heteroatoms. The Morgan fingerprint density at radius 3 is 3.06 bits per heavy atom. The van der Waals surface area contributed by atoms with E-state index in [4.69, 9.17) is 21.1 Å². The van der Waals surface area contributed by atoms with Crippen molar-refractivity contribution in [1.82, 2.24) is 4.98 Å². The smallest absolute Gasteiger partial charge is 0.338 e. The first kappa shape index (κ1) is 12.0. The van der Waals surface area contributed by atoms with Gasteiger partial charge in [-0.15, -0.1) is 0 Å². The Hall–Kier alpha value is -1.46. The average molecular weight is 270 g/mol. The summed E-state index contributed by atoms with van der Waals surface area (Å²) in [4.78, 5) is 14.8. The van der Waals surface area contributed by atoms with E-state index in [0.717, 1.165) is 0 Å². The van der Waals surface area contributed by atoms with Crippen LogP contribution in [0.5, 0.6) is 0 Å². The van der Waals surface area contributed by atoms with Gasteiger partial charge in [-0.25, -0.2) is 9.78 Å². The summed E-state index contributed by atoms with van der Waals surface area (Å²) < 4.78 is 5.12. The maximum Gasteiger partial charge on any atom is 0.338 e. The molecule has 0 spiro atoms. The molecule has 0 aromatic carbocycles. The van der Waals surface area contributed by atoms with Crippen molar-refractivity contribution in [1.29, 1.82) is 0 Å². The molecule has 4 nitrogen and oxygen atoms in total. The van der Waals surface area contributed by atoms with Crippen LogP contribution in [-0.2, 0) is 5.75 Å². The van der Waals surface area contributed by atoms with E-state index < -0.39 is 5.97 Å². The van der Waals surface area contributed by atoms with Crippen LogP contribution in [0.15, 0.2) is 40.1 Å². The number of hydrogen-bond donors (Lipinski definition) is 1. The van der Waals surface area contributed by atoms with Crippen molar-refractivity contribution in [3.8, 4) is 0 Å². The summed E-state index contributed by atoms with van der Waals surface area (Å²) >= 11 is 7.33. The fourth-order valence-corrected chi connectivity index (χ4v) is 2.24. The van der Waals surface area contributed by atoms with Crippen LogP contribution in [0.2, 0.25) is 5.02 Å². The van der Waals surface area contributed by atoms with E-state index in [1.54, 1.807) is 18.3 Å². The fraction of sp³-hybridized carbons (Fsp3) is 0.0909. The third kappa shape index (κ3) is 3.01. The molecule has 2 aromatic rings. The van der Waals surface area contributed by atoms with E-state index in [0.29, 0.717) is 21.6 Å². The van der Waals surface area contributed by atoms with Gasteiger partial charge in [0.1, 0.15) is 17.0 Å². The van der Waals surface area contributed by atoms with Gasteiger partial charge in [0.05, 0.1) is 16.3 Å². The third-order valence-electron chi connectivity index (χ3n) is 1.98. The number of carbonyl (C=O) groups is 1. The van der Waals surface area contributed by atoms with E-state index in [9.17, 15) is 4.79 Å².